The van der Waals surface area contributed by atoms with Crippen molar-refractivity contribution in [1.82, 2.24) is 0 Å². The second-order valence-corrected chi connectivity index (χ2v) is 7.10. The summed E-state index contributed by atoms with van der Waals surface area (Å²) in [6.07, 6.45) is 0. The van der Waals surface area contributed by atoms with E-state index in [-0.39, 0.29) is 14.9 Å². The van der Waals surface area contributed by atoms with E-state index in [0.717, 1.165) is 4.31 Å². The maximum atomic E-state index is 12.6. The summed E-state index contributed by atoms with van der Waals surface area (Å²) in [6, 6.07) is 13.0. The van der Waals surface area contributed by atoms with E-state index in [4.69, 9.17) is 29.6 Å². The number of rotatable bonds is 4. The summed E-state index contributed by atoms with van der Waals surface area (Å²) < 4.78 is 26.3. The maximum absolute atomic E-state index is 12.6. The van der Waals surface area contributed by atoms with Gasteiger partial charge in [-0.15, -0.1) is 0 Å². The maximum Gasteiger partial charge on any atom is 0.265 e. The van der Waals surface area contributed by atoms with Gasteiger partial charge in [-0.05, 0) is 36.4 Å². The van der Waals surface area contributed by atoms with Crippen LogP contribution < -0.4 is 10.0 Å². The van der Waals surface area contributed by atoms with Crippen LogP contribution in [0.1, 0.15) is 5.56 Å². The minimum atomic E-state index is -3.72. The molecule has 0 saturated carbocycles. The Balaban J connectivity index is 2.41. The summed E-state index contributed by atoms with van der Waals surface area (Å²) in [6.45, 7) is 0. The zero-order valence-corrected chi connectivity index (χ0v) is 13.5. The van der Waals surface area contributed by atoms with E-state index < -0.39 is 10.0 Å². The Morgan fingerprint density at radius 3 is 2.24 bits per heavy atom. The van der Waals surface area contributed by atoms with Crippen molar-refractivity contribution < 1.29 is 8.42 Å². The van der Waals surface area contributed by atoms with Crippen molar-refractivity contribution in [3.8, 4) is 0 Å². The molecule has 0 unspecified atom stereocenters. The highest BCUT2D eigenvalue weighted by Crippen LogP contribution is 2.27. The van der Waals surface area contributed by atoms with Gasteiger partial charge in [-0.25, -0.2) is 8.42 Å². The predicted octanol–water partition coefficient (Wildman–Crippen LogP) is 2.80. The number of hydrogen-bond donors (Lipinski definition) is 1. The highest BCUT2D eigenvalue weighted by atomic mass is 35.5. The molecule has 0 aliphatic carbocycles. The smallest absolute Gasteiger partial charge is 0.265 e. The van der Waals surface area contributed by atoms with Crippen LogP contribution in [0.2, 0.25) is 5.02 Å². The van der Waals surface area contributed by atoms with Crippen LogP contribution in [0.25, 0.3) is 0 Å². The lowest BCUT2D eigenvalue weighted by Gasteiger charge is -2.20. The first-order valence-corrected chi connectivity index (χ1v) is 8.20. The number of anilines is 1. The normalized spacial score (nSPS) is 11.1. The Morgan fingerprint density at radius 2 is 1.71 bits per heavy atom. The Bertz CT molecular complexity index is 774. The fourth-order valence-corrected chi connectivity index (χ4v) is 3.60. The average molecular weight is 341 g/mol. The van der Waals surface area contributed by atoms with Gasteiger partial charge >= 0.3 is 0 Å². The van der Waals surface area contributed by atoms with E-state index in [1.165, 1.54) is 19.2 Å². The molecule has 0 aliphatic rings. The van der Waals surface area contributed by atoms with Gasteiger partial charge in [0.15, 0.2) is 0 Å². The van der Waals surface area contributed by atoms with E-state index in [1.807, 2.05) is 0 Å². The first-order valence-electron chi connectivity index (χ1n) is 5.97. The molecule has 2 rings (SSSR count). The van der Waals surface area contributed by atoms with Gasteiger partial charge in [0.2, 0.25) is 0 Å². The van der Waals surface area contributed by atoms with Gasteiger partial charge in [0, 0.05) is 12.6 Å². The first-order chi connectivity index (χ1) is 9.84. The van der Waals surface area contributed by atoms with Crippen molar-refractivity contribution in [2.45, 2.75) is 4.90 Å². The summed E-state index contributed by atoms with van der Waals surface area (Å²) >= 11 is 10.8. The van der Waals surface area contributed by atoms with Gasteiger partial charge in [0.1, 0.15) is 9.88 Å². The molecule has 2 aromatic rings. The highest BCUT2D eigenvalue weighted by Gasteiger charge is 2.23. The summed E-state index contributed by atoms with van der Waals surface area (Å²) in [4.78, 5) is 0.325. The number of sulfonamides is 1. The molecule has 0 bridgehead atoms. The topological polar surface area (TPSA) is 63.4 Å². The third-order valence-corrected chi connectivity index (χ3v) is 5.51. The second kappa shape index (κ2) is 6.01. The fourth-order valence-electron chi connectivity index (χ4n) is 1.78. The number of nitrogens with two attached hydrogens (primary N) is 1. The third-order valence-electron chi connectivity index (χ3n) is 2.99. The molecular weight excluding hydrogens is 328 g/mol. The molecule has 0 aliphatic heterocycles. The van der Waals surface area contributed by atoms with Crippen molar-refractivity contribution >= 4 is 44.5 Å². The monoisotopic (exact) mass is 340 g/mol. The van der Waals surface area contributed by atoms with Crippen LogP contribution in [0.3, 0.4) is 0 Å². The second-order valence-electron chi connectivity index (χ2n) is 4.31. The molecule has 4 nitrogen and oxygen atoms in total. The summed E-state index contributed by atoms with van der Waals surface area (Å²) in [5.74, 6) is 0. The molecule has 0 saturated heterocycles. The molecule has 21 heavy (non-hydrogen) atoms. The lowest BCUT2D eigenvalue weighted by Crippen LogP contribution is -2.26. The zero-order valence-electron chi connectivity index (χ0n) is 11.2. The number of hydrogen-bond acceptors (Lipinski definition) is 3. The Labute approximate surface area is 134 Å². The van der Waals surface area contributed by atoms with Gasteiger partial charge < -0.3 is 5.73 Å². The van der Waals surface area contributed by atoms with E-state index in [1.54, 1.807) is 36.4 Å². The molecule has 0 atom stereocenters. The molecule has 0 amide bonds. The minimum absolute atomic E-state index is 0.0626. The van der Waals surface area contributed by atoms with E-state index in [0.29, 0.717) is 11.3 Å². The quantitative estimate of drug-likeness (QED) is 0.869. The van der Waals surface area contributed by atoms with Crippen LogP contribution >= 0.6 is 23.8 Å². The summed E-state index contributed by atoms with van der Waals surface area (Å²) in [5.41, 5.74) is 6.69. The van der Waals surface area contributed by atoms with Crippen LogP contribution in [0.15, 0.2) is 53.4 Å². The number of thiocarbonyl (C=S) groups is 1. The molecular formula is C14H13ClN2O2S2. The van der Waals surface area contributed by atoms with E-state index in [9.17, 15) is 8.42 Å². The highest BCUT2D eigenvalue weighted by molar-refractivity contribution is 7.93. The minimum Gasteiger partial charge on any atom is -0.389 e. The van der Waals surface area contributed by atoms with Gasteiger partial charge in [-0.2, -0.15) is 0 Å². The molecule has 110 valence electrons. The van der Waals surface area contributed by atoms with Crippen LogP contribution in [0.5, 0.6) is 0 Å². The molecule has 0 aromatic heterocycles. The summed E-state index contributed by atoms with van der Waals surface area (Å²) in [5, 5.41) is 0.184. The largest absolute Gasteiger partial charge is 0.389 e. The van der Waals surface area contributed by atoms with Crippen molar-refractivity contribution in [3.63, 3.8) is 0 Å². The fraction of sp³-hybridized carbons (Fsp3) is 0.0714. The zero-order chi connectivity index (χ0) is 15.6. The van der Waals surface area contributed by atoms with Gasteiger partial charge in [0.25, 0.3) is 10.0 Å². The van der Waals surface area contributed by atoms with Crippen molar-refractivity contribution in [1.29, 1.82) is 0 Å². The van der Waals surface area contributed by atoms with Gasteiger partial charge in [0.05, 0.1) is 10.7 Å². The number of nitrogens with zero attached hydrogens (tertiary/aromatic N) is 1. The Hall–Kier alpha value is -1.63. The van der Waals surface area contributed by atoms with Crippen LogP contribution in [-0.2, 0) is 10.0 Å². The molecule has 0 spiro atoms. The van der Waals surface area contributed by atoms with Gasteiger partial charge in [-0.3, -0.25) is 4.31 Å². The molecule has 2 aromatic carbocycles. The predicted molar refractivity (Wildman–Crippen MR) is 89.4 cm³/mol. The van der Waals surface area contributed by atoms with Crippen LogP contribution in [0.4, 0.5) is 5.69 Å². The van der Waals surface area contributed by atoms with Crippen molar-refractivity contribution in [3.05, 3.63) is 59.1 Å². The Morgan fingerprint density at radius 1 is 1.14 bits per heavy atom. The van der Waals surface area contributed by atoms with Gasteiger partial charge in [-0.1, -0.05) is 36.0 Å². The van der Waals surface area contributed by atoms with E-state index >= 15 is 0 Å². The van der Waals surface area contributed by atoms with Crippen LogP contribution in [0, 0.1) is 0 Å². The molecule has 2 N–H and O–H groups in total. The first kappa shape index (κ1) is 15.8. The lowest BCUT2D eigenvalue weighted by molar-refractivity contribution is 0.594. The number of halogens is 1. The molecule has 0 radical (unpaired) electrons. The SMILES string of the molecule is CN(c1ccc(C(N)=S)cc1)S(=O)(=O)c1ccccc1Cl. The van der Waals surface area contributed by atoms with Crippen molar-refractivity contribution in [2.75, 3.05) is 11.4 Å². The van der Waals surface area contributed by atoms with Crippen molar-refractivity contribution in [2.24, 2.45) is 5.73 Å². The third kappa shape index (κ3) is 3.18. The molecule has 0 heterocycles. The average Bonchev–Trinajstić information content (AvgIpc) is 2.46. The Kier molecular flexibility index (Phi) is 4.51. The molecule has 7 heteroatoms. The number of benzene rings is 2. The standard InChI is InChI=1S/C14H13ClN2O2S2/c1-17(11-8-6-10(7-9-11)14(16)20)21(18,19)13-5-3-2-4-12(13)15/h2-9H,1H3,(H2,16,20). The summed E-state index contributed by atoms with van der Waals surface area (Å²) in [7, 11) is -2.25. The molecule has 0 fully saturated rings. The lowest BCUT2D eigenvalue weighted by atomic mass is 10.2. The van der Waals surface area contributed by atoms with E-state index in [2.05, 4.69) is 0 Å². The van der Waals surface area contributed by atoms with Crippen LogP contribution in [-0.4, -0.2) is 20.5 Å².